The van der Waals surface area contributed by atoms with E-state index in [0.717, 1.165) is 42.6 Å². The molecule has 1 aromatic heterocycles. The zero-order valence-electron chi connectivity index (χ0n) is 13.7. The number of rotatable bonds is 5. The molecule has 1 aliphatic heterocycles. The Morgan fingerprint density at radius 2 is 2.00 bits per heavy atom. The van der Waals surface area contributed by atoms with Crippen molar-refractivity contribution in [2.75, 3.05) is 42.9 Å². The van der Waals surface area contributed by atoms with Crippen molar-refractivity contribution in [1.82, 2.24) is 9.88 Å². The summed E-state index contributed by atoms with van der Waals surface area (Å²) in [4.78, 5) is 20.9. The minimum Gasteiger partial charge on any atom is -0.389 e. The van der Waals surface area contributed by atoms with Crippen molar-refractivity contribution < 1.29 is 9.90 Å². The van der Waals surface area contributed by atoms with Crippen molar-refractivity contribution in [3.05, 3.63) is 41.4 Å². The summed E-state index contributed by atoms with van der Waals surface area (Å²) in [5.41, 5.74) is 1.59. The van der Waals surface area contributed by atoms with Gasteiger partial charge >= 0.3 is 0 Å². The molecular weight excluding hydrogens is 324 g/mol. The van der Waals surface area contributed by atoms with Crippen LogP contribution < -0.4 is 10.2 Å². The van der Waals surface area contributed by atoms with Gasteiger partial charge in [0, 0.05) is 43.4 Å². The number of carbonyl (C=O) groups excluding carboxylic acids is 1. The zero-order chi connectivity index (χ0) is 16.9. The Balaban J connectivity index is 1.45. The first-order valence-electron chi connectivity index (χ1n) is 8.06. The molecule has 1 amide bonds. The molecule has 2 heterocycles. The van der Waals surface area contributed by atoms with Crippen LogP contribution in [0.25, 0.3) is 0 Å². The van der Waals surface area contributed by atoms with E-state index in [1.807, 2.05) is 35.8 Å². The van der Waals surface area contributed by atoms with Crippen LogP contribution in [0.4, 0.5) is 10.8 Å². The van der Waals surface area contributed by atoms with Crippen molar-refractivity contribution in [1.29, 1.82) is 0 Å². The maximum atomic E-state index is 12.2. The number of nitrogens with one attached hydrogen (secondary N) is 1. The van der Waals surface area contributed by atoms with Gasteiger partial charge in [-0.05, 0) is 24.6 Å². The fourth-order valence-corrected chi connectivity index (χ4v) is 3.41. The van der Waals surface area contributed by atoms with E-state index in [1.165, 1.54) is 0 Å². The number of carbonyl (C=O) groups is 1. The van der Waals surface area contributed by atoms with Crippen LogP contribution in [0.15, 0.2) is 35.8 Å². The van der Waals surface area contributed by atoms with Crippen LogP contribution in [0.1, 0.15) is 18.6 Å². The van der Waals surface area contributed by atoms with E-state index in [2.05, 4.69) is 20.1 Å². The van der Waals surface area contributed by atoms with E-state index < -0.39 is 6.10 Å². The Kier molecular flexibility index (Phi) is 5.44. The van der Waals surface area contributed by atoms with E-state index in [9.17, 15) is 9.90 Å². The maximum Gasteiger partial charge on any atom is 0.238 e. The van der Waals surface area contributed by atoms with Gasteiger partial charge in [0.05, 0.1) is 12.6 Å². The van der Waals surface area contributed by atoms with Gasteiger partial charge in [-0.25, -0.2) is 4.98 Å². The molecule has 24 heavy (non-hydrogen) atoms. The summed E-state index contributed by atoms with van der Waals surface area (Å²) < 4.78 is 0. The molecule has 128 valence electrons. The van der Waals surface area contributed by atoms with Crippen LogP contribution in [-0.4, -0.2) is 53.6 Å². The molecule has 7 heteroatoms. The predicted octanol–water partition coefficient (Wildman–Crippen LogP) is 1.96. The van der Waals surface area contributed by atoms with Gasteiger partial charge < -0.3 is 15.3 Å². The van der Waals surface area contributed by atoms with E-state index in [1.54, 1.807) is 18.3 Å². The Bertz CT molecular complexity index is 650. The molecule has 3 rings (SSSR count). The molecule has 0 aliphatic carbocycles. The lowest BCUT2D eigenvalue weighted by molar-refractivity contribution is -0.117. The molecule has 0 spiro atoms. The summed E-state index contributed by atoms with van der Waals surface area (Å²) in [6.07, 6.45) is 1.33. The monoisotopic (exact) mass is 346 g/mol. The van der Waals surface area contributed by atoms with Gasteiger partial charge in [0.25, 0.3) is 0 Å². The number of aromatic nitrogens is 1. The standard InChI is InChI=1S/C17H22N4O2S/c1-13(22)14-2-4-15(5-3-14)19-16(23)12-20-7-9-21(10-8-20)17-18-6-11-24-17/h2-6,11,13,22H,7-10,12H2,1H3,(H,19,23)/t13-/m0/s1. The summed E-state index contributed by atoms with van der Waals surface area (Å²) in [7, 11) is 0. The lowest BCUT2D eigenvalue weighted by Gasteiger charge is -2.34. The molecule has 0 unspecified atom stereocenters. The number of amides is 1. The molecule has 6 nitrogen and oxygen atoms in total. The van der Waals surface area contributed by atoms with Crippen molar-refractivity contribution in [3.63, 3.8) is 0 Å². The molecule has 1 aromatic carbocycles. The number of hydrogen-bond acceptors (Lipinski definition) is 6. The average molecular weight is 346 g/mol. The van der Waals surface area contributed by atoms with Gasteiger partial charge in [-0.1, -0.05) is 12.1 Å². The molecule has 0 saturated carbocycles. The first-order valence-corrected chi connectivity index (χ1v) is 8.94. The minimum absolute atomic E-state index is 0.0116. The highest BCUT2D eigenvalue weighted by atomic mass is 32.1. The first-order chi connectivity index (χ1) is 11.6. The molecule has 0 radical (unpaired) electrons. The SMILES string of the molecule is C[C@H](O)c1ccc(NC(=O)CN2CCN(c3nccs3)CC2)cc1. The Hall–Kier alpha value is -1.96. The highest BCUT2D eigenvalue weighted by Gasteiger charge is 2.20. The molecule has 1 fully saturated rings. The topological polar surface area (TPSA) is 68.7 Å². The molecule has 1 aliphatic rings. The second kappa shape index (κ2) is 7.74. The van der Waals surface area contributed by atoms with E-state index in [4.69, 9.17) is 0 Å². The molecule has 1 atom stereocenters. The number of aliphatic hydroxyl groups excluding tert-OH is 1. The molecule has 2 aromatic rings. The van der Waals surface area contributed by atoms with E-state index in [-0.39, 0.29) is 5.91 Å². The summed E-state index contributed by atoms with van der Waals surface area (Å²) in [5, 5.41) is 15.4. The van der Waals surface area contributed by atoms with Crippen LogP contribution in [0.3, 0.4) is 0 Å². The summed E-state index contributed by atoms with van der Waals surface area (Å²) in [6.45, 7) is 5.61. The summed E-state index contributed by atoms with van der Waals surface area (Å²) >= 11 is 1.65. The van der Waals surface area contributed by atoms with Crippen LogP contribution in [-0.2, 0) is 4.79 Å². The van der Waals surface area contributed by atoms with Gasteiger partial charge in [0.15, 0.2) is 5.13 Å². The molecule has 2 N–H and O–H groups in total. The summed E-state index contributed by atoms with van der Waals surface area (Å²) in [5.74, 6) is -0.0116. The quantitative estimate of drug-likeness (QED) is 0.866. The third-order valence-corrected chi connectivity index (χ3v) is 4.94. The largest absolute Gasteiger partial charge is 0.389 e. The number of nitrogens with zero attached hydrogens (tertiary/aromatic N) is 3. The van der Waals surface area contributed by atoms with E-state index in [0.29, 0.717) is 6.54 Å². The second-order valence-electron chi connectivity index (χ2n) is 5.92. The minimum atomic E-state index is -0.496. The smallest absolute Gasteiger partial charge is 0.238 e. The first kappa shape index (κ1) is 16.9. The number of piperazine rings is 1. The lowest BCUT2D eigenvalue weighted by Crippen LogP contribution is -2.48. The van der Waals surface area contributed by atoms with Crippen molar-refractivity contribution >= 4 is 28.1 Å². The Morgan fingerprint density at radius 1 is 1.29 bits per heavy atom. The fraction of sp³-hybridized carbons (Fsp3) is 0.412. The maximum absolute atomic E-state index is 12.2. The number of anilines is 2. The van der Waals surface area contributed by atoms with Crippen LogP contribution >= 0.6 is 11.3 Å². The second-order valence-corrected chi connectivity index (χ2v) is 6.80. The van der Waals surface area contributed by atoms with E-state index >= 15 is 0 Å². The third-order valence-electron chi connectivity index (χ3n) is 4.11. The average Bonchev–Trinajstić information content (AvgIpc) is 3.10. The van der Waals surface area contributed by atoms with Crippen LogP contribution in [0.2, 0.25) is 0 Å². The lowest BCUT2D eigenvalue weighted by atomic mass is 10.1. The number of hydrogen-bond donors (Lipinski definition) is 2. The number of thiazole rings is 1. The normalized spacial score (nSPS) is 16.8. The predicted molar refractivity (Wildman–Crippen MR) is 96.5 cm³/mol. The Labute approximate surface area is 145 Å². The number of aliphatic hydroxyl groups is 1. The molecular formula is C17H22N4O2S. The van der Waals surface area contributed by atoms with Gasteiger partial charge in [0.2, 0.25) is 5.91 Å². The Morgan fingerprint density at radius 3 is 2.58 bits per heavy atom. The third kappa shape index (κ3) is 4.31. The van der Waals surface area contributed by atoms with Gasteiger partial charge in [-0.2, -0.15) is 0 Å². The van der Waals surface area contributed by atoms with Crippen molar-refractivity contribution in [2.24, 2.45) is 0 Å². The molecule has 0 bridgehead atoms. The van der Waals surface area contributed by atoms with Crippen LogP contribution in [0, 0.1) is 0 Å². The van der Waals surface area contributed by atoms with Gasteiger partial charge in [-0.3, -0.25) is 9.69 Å². The van der Waals surface area contributed by atoms with Crippen molar-refractivity contribution in [3.8, 4) is 0 Å². The fourth-order valence-electron chi connectivity index (χ4n) is 2.72. The van der Waals surface area contributed by atoms with Crippen LogP contribution in [0.5, 0.6) is 0 Å². The number of benzene rings is 1. The summed E-state index contributed by atoms with van der Waals surface area (Å²) in [6, 6.07) is 7.29. The van der Waals surface area contributed by atoms with Gasteiger partial charge in [0.1, 0.15) is 0 Å². The highest BCUT2D eigenvalue weighted by molar-refractivity contribution is 7.13. The molecule has 1 saturated heterocycles. The highest BCUT2D eigenvalue weighted by Crippen LogP contribution is 2.19. The zero-order valence-corrected chi connectivity index (χ0v) is 14.5. The van der Waals surface area contributed by atoms with Gasteiger partial charge in [-0.15, -0.1) is 11.3 Å². The van der Waals surface area contributed by atoms with Crippen molar-refractivity contribution in [2.45, 2.75) is 13.0 Å².